The summed E-state index contributed by atoms with van der Waals surface area (Å²) in [6, 6.07) is 3.53. The molecule has 24 heavy (non-hydrogen) atoms. The number of anilines is 1. The normalized spacial score (nSPS) is 11.8. The zero-order valence-electron chi connectivity index (χ0n) is 13.3. The van der Waals surface area contributed by atoms with Gasteiger partial charge in [-0.15, -0.1) is 0 Å². The number of aromatic nitrogens is 2. The molecule has 0 spiro atoms. The fourth-order valence-corrected chi connectivity index (χ4v) is 2.51. The van der Waals surface area contributed by atoms with Crippen molar-refractivity contribution in [3.8, 4) is 0 Å². The molecule has 0 fully saturated rings. The molecule has 1 amide bonds. The Balaban J connectivity index is 1.93. The summed E-state index contributed by atoms with van der Waals surface area (Å²) >= 11 is 1.14. The SMILES string of the molecule is CCOC(=O)c1cnc(S[C@@H](C)C(=O)NCc2ccco2)nc1N. The molecule has 0 radical (unpaired) electrons. The highest BCUT2D eigenvalue weighted by Gasteiger charge is 2.18. The summed E-state index contributed by atoms with van der Waals surface area (Å²) in [6.07, 6.45) is 2.84. The molecule has 128 valence electrons. The fourth-order valence-electron chi connectivity index (χ4n) is 1.74. The van der Waals surface area contributed by atoms with Gasteiger partial charge in [0.15, 0.2) is 5.16 Å². The number of nitrogens with zero attached hydrogens (tertiary/aromatic N) is 2. The Morgan fingerprint density at radius 2 is 2.29 bits per heavy atom. The van der Waals surface area contributed by atoms with Crippen LogP contribution in [0, 0.1) is 0 Å². The topological polar surface area (TPSA) is 120 Å². The summed E-state index contributed by atoms with van der Waals surface area (Å²) in [5.41, 5.74) is 5.86. The van der Waals surface area contributed by atoms with Crippen molar-refractivity contribution in [1.29, 1.82) is 0 Å². The Labute approximate surface area is 143 Å². The largest absolute Gasteiger partial charge is 0.467 e. The second kappa shape index (κ2) is 8.34. The highest BCUT2D eigenvalue weighted by molar-refractivity contribution is 8.00. The number of carbonyl (C=O) groups is 2. The number of nitrogens with two attached hydrogens (primary N) is 1. The predicted molar refractivity (Wildman–Crippen MR) is 88.3 cm³/mol. The van der Waals surface area contributed by atoms with Crippen molar-refractivity contribution >= 4 is 29.5 Å². The second-order valence-electron chi connectivity index (χ2n) is 4.73. The summed E-state index contributed by atoms with van der Waals surface area (Å²) in [4.78, 5) is 31.8. The zero-order valence-corrected chi connectivity index (χ0v) is 14.1. The number of hydrogen-bond acceptors (Lipinski definition) is 8. The Kier molecular flexibility index (Phi) is 6.19. The van der Waals surface area contributed by atoms with Crippen molar-refractivity contribution in [2.75, 3.05) is 12.3 Å². The van der Waals surface area contributed by atoms with Crippen LogP contribution in [0.25, 0.3) is 0 Å². The van der Waals surface area contributed by atoms with Crippen LogP contribution in [-0.2, 0) is 16.1 Å². The van der Waals surface area contributed by atoms with E-state index >= 15 is 0 Å². The van der Waals surface area contributed by atoms with Gasteiger partial charge in [-0.3, -0.25) is 4.79 Å². The van der Waals surface area contributed by atoms with Crippen LogP contribution in [0.3, 0.4) is 0 Å². The van der Waals surface area contributed by atoms with Gasteiger partial charge in [-0.25, -0.2) is 14.8 Å². The van der Waals surface area contributed by atoms with Crippen LogP contribution in [0.5, 0.6) is 0 Å². The number of ether oxygens (including phenoxy) is 1. The number of amides is 1. The maximum Gasteiger partial charge on any atom is 0.343 e. The monoisotopic (exact) mass is 350 g/mol. The minimum absolute atomic E-state index is 0.0224. The molecule has 2 rings (SSSR count). The molecule has 2 heterocycles. The Bertz CT molecular complexity index is 706. The molecule has 8 nitrogen and oxygen atoms in total. The number of thioether (sulfide) groups is 1. The van der Waals surface area contributed by atoms with Crippen molar-refractivity contribution in [2.24, 2.45) is 0 Å². The minimum atomic E-state index is -0.573. The minimum Gasteiger partial charge on any atom is -0.467 e. The van der Waals surface area contributed by atoms with E-state index in [4.69, 9.17) is 14.9 Å². The quantitative estimate of drug-likeness (QED) is 0.439. The van der Waals surface area contributed by atoms with Crippen LogP contribution >= 0.6 is 11.8 Å². The van der Waals surface area contributed by atoms with Crippen LogP contribution in [0.4, 0.5) is 5.82 Å². The van der Waals surface area contributed by atoms with Crippen molar-refractivity contribution in [3.05, 3.63) is 35.9 Å². The summed E-state index contributed by atoms with van der Waals surface area (Å²) in [7, 11) is 0. The first-order chi connectivity index (χ1) is 11.5. The predicted octanol–water partition coefficient (Wildman–Crippen LogP) is 1.63. The summed E-state index contributed by atoms with van der Waals surface area (Å²) in [5.74, 6) is -0.0715. The van der Waals surface area contributed by atoms with Gasteiger partial charge in [0.05, 0.1) is 24.7 Å². The van der Waals surface area contributed by atoms with E-state index in [1.807, 2.05) is 0 Å². The first-order valence-corrected chi connectivity index (χ1v) is 8.15. The standard InChI is InChI=1S/C15H18N4O4S/c1-3-22-14(21)11-8-18-15(19-12(11)16)24-9(2)13(20)17-7-10-5-4-6-23-10/h4-6,8-9H,3,7H2,1-2H3,(H,17,20)(H2,16,18,19)/t9-/m0/s1. The number of nitrogen functional groups attached to an aromatic ring is 1. The van der Waals surface area contributed by atoms with Gasteiger partial charge in [0, 0.05) is 6.20 Å². The first-order valence-electron chi connectivity index (χ1n) is 7.27. The molecule has 0 bridgehead atoms. The molecule has 0 saturated carbocycles. The van der Waals surface area contributed by atoms with Gasteiger partial charge in [-0.1, -0.05) is 11.8 Å². The van der Waals surface area contributed by atoms with Gasteiger partial charge < -0.3 is 20.2 Å². The van der Waals surface area contributed by atoms with E-state index in [1.54, 1.807) is 32.2 Å². The van der Waals surface area contributed by atoms with Gasteiger partial charge >= 0.3 is 5.97 Å². The van der Waals surface area contributed by atoms with Crippen LogP contribution in [0.1, 0.15) is 30.0 Å². The molecule has 1 atom stereocenters. The number of esters is 1. The molecule has 0 saturated heterocycles. The van der Waals surface area contributed by atoms with E-state index in [9.17, 15) is 9.59 Å². The third-order valence-corrected chi connectivity index (χ3v) is 3.93. The van der Waals surface area contributed by atoms with Crippen molar-refractivity contribution in [3.63, 3.8) is 0 Å². The Morgan fingerprint density at radius 3 is 2.92 bits per heavy atom. The maximum absolute atomic E-state index is 12.1. The third-order valence-electron chi connectivity index (χ3n) is 2.96. The lowest BCUT2D eigenvalue weighted by Gasteiger charge is -2.11. The lowest BCUT2D eigenvalue weighted by atomic mass is 10.3. The molecule has 0 aliphatic rings. The molecule has 9 heteroatoms. The van der Waals surface area contributed by atoms with E-state index in [0.717, 1.165) is 11.8 Å². The highest BCUT2D eigenvalue weighted by Crippen LogP contribution is 2.21. The number of rotatable bonds is 7. The van der Waals surface area contributed by atoms with Gasteiger partial charge in [0.1, 0.15) is 17.1 Å². The summed E-state index contributed by atoms with van der Waals surface area (Å²) in [5, 5.41) is 2.62. The van der Waals surface area contributed by atoms with Crippen LogP contribution in [0.15, 0.2) is 34.2 Å². The second-order valence-corrected chi connectivity index (χ2v) is 6.04. The highest BCUT2D eigenvalue weighted by atomic mass is 32.2. The molecule has 0 unspecified atom stereocenters. The Hall–Kier alpha value is -2.55. The molecule has 0 aliphatic heterocycles. The average molecular weight is 350 g/mol. The number of carbonyl (C=O) groups excluding carboxylic acids is 2. The van der Waals surface area contributed by atoms with Crippen LogP contribution in [-0.4, -0.2) is 33.7 Å². The van der Waals surface area contributed by atoms with Gasteiger partial charge in [-0.2, -0.15) is 0 Å². The molecule has 0 aromatic carbocycles. The Morgan fingerprint density at radius 1 is 1.50 bits per heavy atom. The lowest BCUT2D eigenvalue weighted by molar-refractivity contribution is -0.120. The van der Waals surface area contributed by atoms with Crippen LogP contribution in [0.2, 0.25) is 0 Å². The van der Waals surface area contributed by atoms with Crippen LogP contribution < -0.4 is 11.1 Å². The molecule has 0 aliphatic carbocycles. The van der Waals surface area contributed by atoms with Gasteiger partial charge in [-0.05, 0) is 26.0 Å². The molecule has 2 aromatic rings. The zero-order chi connectivity index (χ0) is 17.5. The third kappa shape index (κ3) is 4.72. The lowest BCUT2D eigenvalue weighted by Crippen LogP contribution is -2.30. The van der Waals surface area contributed by atoms with E-state index in [2.05, 4.69) is 15.3 Å². The molecule has 2 aromatic heterocycles. The van der Waals surface area contributed by atoms with Crippen molar-refractivity contribution in [2.45, 2.75) is 30.8 Å². The van der Waals surface area contributed by atoms with Gasteiger partial charge in [0.2, 0.25) is 5.91 Å². The number of furan rings is 1. The number of hydrogen-bond donors (Lipinski definition) is 2. The van der Waals surface area contributed by atoms with E-state index in [-0.39, 0.29) is 23.9 Å². The number of nitrogens with one attached hydrogen (secondary N) is 1. The summed E-state index contributed by atoms with van der Waals surface area (Å²) < 4.78 is 10.0. The average Bonchev–Trinajstić information content (AvgIpc) is 3.06. The fraction of sp³-hybridized carbons (Fsp3) is 0.333. The molecular weight excluding hydrogens is 332 g/mol. The first kappa shape index (κ1) is 17.8. The van der Waals surface area contributed by atoms with E-state index in [0.29, 0.717) is 17.5 Å². The van der Waals surface area contributed by atoms with E-state index < -0.39 is 11.2 Å². The van der Waals surface area contributed by atoms with Crippen molar-refractivity contribution < 1.29 is 18.7 Å². The van der Waals surface area contributed by atoms with Gasteiger partial charge in [0.25, 0.3) is 0 Å². The van der Waals surface area contributed by atoms with Crippen molar-refractivity contribution in [1.82, 2.24) is 15.3 Å². The molecule has 3 N–H and O–H groups in total. The maximum atomic E-state index is 12.1. The molecular formula is C15H18N4O4S. The van der Waals surface area contributed by atoms with E-state index in [1.165, 1.54) is 6.20 Å². The summed E-state index contributed by atoms with van der Waals surface area (Å²) in [6.45, 7) is 3.96. The smallest absolute Gasteiger partial charge is 0.343 e.